The van der Waals surface area contributed by atoms with Crippen molar-refractivity contribution in [3.8, 4) is 11.3 Å². The van der Waals surface area contributed by atoms with Crippen LogP contribution in [0.5, 0.6) is 0 Å². The Balaban J connectivity index is 1.35. The molecule has 0 radical (unpaired) electrons. The average molecular weight is 470 g/mol. The molecule has 11 nitrogen and oxygen atoms in total. The van der Waals surface area contributed by atoms with Crippen LogP contribution in [0, 0.1) is 0 Å². The van der Waals surface area contributed by atoms with Crippen LogP contribution in [0.25, 0.3) is 22.2 Å². The summed E-state index contributed by atoms with van der Waals surface area (Å²) in [5, 5.41) is 0.571. The van der Waals surface area contributed by atoms with E-state index < -0.39 is 11.7 Å². The summed E-state index contributed by atoms with van der Waals surface area (Å²) in [5.41, 5.74) is 7.94. The van der Waals surface area contributed by atoms with Crippen LogP contribution in [0.4, 0.5) is 5.95 Å². The fourth-order valence-corrected chi connectivity index (χ4v) is 4.26. The van der Waals surface area contributed by atoms with Gasteiger partial charge in [-0.05, 0) is 25.1 Å². The molecule has 4 aromatic heterocycles. The van der Waals surface area contributed by atoms with Gasteiger partial charge in [-0.1, -0.05) is 6.07 Å². The standard InChI is InChI=1S/C24H22N8O3/c1-14-13-31(22(34)18-4-2-3-6-26-18)8-9-32(14)23(35)21(33)17-12-28-20-16(17)5-7-27-19(20)15-10-29-24(25)30-11-15/h2-7,10-12,14,28H,8-9,13H2,1H3,(H2,25,29,30)/t14-/m1/s1. The van der Waals surface area contributed by atoms with E-state index in [-0.39, 0.29) is 30.0 Å². The lowest BCUT2D eigenvalue weighted by Crippen LogP contribution is -2.56. The zero-order valence-electron chi connectivity index (χ0n) is 18.9. The molecule has 35 heavy (non-hydrogen) atoms. The fraction of sp³-hybridized carbons (Fsp3) is 0.208. The number of ketones is 1. The Bertz CT molecular complexity index is 1420. The van der Waals surface area contributed by atoms with Crippen molar-refractivity contribution in [1.82, 2.24) is 34.7 Å². The van der Waals surface area contributed by atoms with E-state index in [1.807, 2.05) is 6.92 Å². The maximum absolute atomic E-state index is 13.2. The molecular weight excluding hydrogens is 448 g/mol. The monoisotopic (exact) mass is 470 g/mol. The highest BCUT2D eigenvalue weighted by Crippen LogP contribution is 2.28. The number of nitrogens with one attached hydrogen (secondary N) is 1. The maximum Gasteiger partial charge on any atom is 0.295 e. The first-order valence-electron chi connectivity index (χ1n) is 11.0. The van der Waals surface area contributed by atoms with E-state index in [1.54, 1.807) is 54.0 Å². The van der Waals surface area contributed by atoms with Gasteiger partial charge in [0.2, 0.25) is 5.95 Å². The van der Waals surface area contributed by atoms with Crippen LogP contribution in [0.15, 0.2) is 55.2 Å². The second-order valence-electron chi connectivity index (χ2n) is 8.26. The van der Waals surface area contributed by atoms with Crippen molar-refractivity contribution in [3.05, 3.63) is 66.5 Å². The van der Waals surface area contributed by atoms with Gasteiger partial charge >= 0.3 is 0 Å². The number of aromatic amines is 1. The topological polar surface area (TPSA) is 151 Å². The third-order valence-corrected chi connectivity index (χ3v) is 6.05. The number of fused-ring (bicyclic) bond motifs is 1. The Morgan fingerprint density at radius 2 is 1.83 bits per heavy atom. The van der Waals surface area contributed by atoms with E-state index >= 15 is 0 Å². The van der Waals surface area contributed by atoms with Crippen LogP contribution >= 0.6 is 0 Å². The first-order valence-corrected chi connectivity index (χ1v) is 11.0. The molecule has 3 N–H and O–H groups in total. The quantitative estimate of drug-likeness (QED) is 0.337. The highest BCUT2D eigenvalue weighted by molar-refractivity contribution is 6.45. The highest BCUT2D eigenvalue weighted by Gasteiger charge is 2.34. The van der Waals surface area contributed by atoms with Gasteiger partial charge in [-0.25, -0.2) is 9.97 Å². The number of Topliss-reactive ketones (excluding diaryl/α,β-unsaturated/α-hetero) is 1. The van der Waals surface area contributed by atoms with Crippen LogP contribution in [-0.4, -0.2) is 78.0 Å². The van der Waals surface area contributed by atoms with E-state index in [0.29, 0.717) is 40.9 Å². The zero-order valence-corrected chi connectivity index (χ0v) is 18.9. The largest absolute Gasteiger partial charge is 0.368 e. The number of nitrogens with zero attached hydrogens (tertiary/aromatic N) is 6. The molecule has 5 heterocycles. The van der Waals surface area contributed by atoms with Crippen molar-refractivity contribution in [2.24, 2.45) is 0 Å². The molecule has 1 atom stereocenters. The van der Waals surface area contributed by atoms with Crippen molar-refractivity contribution >= 4 is 34.4 Å². The molecule has 1 fully saturated rings. The lowest BCUT2D eigenvalue weighted by atomic mass is 10.1. The SMILES string of the molecule is C[C@@H]1CN(C(=O)c2ccccn2)CCN1C(=O)C(=O)c1c[nH]c2c(-c3cnc(N)nc3)nccc12. The van der Waals surface area contributed by atoms with Gasteiger partial charge in [0.25, 0.3) is 17.6 Å². The molecule has 1 saturated heterocycles. The van der Waals surface area contributed by atoms with Crippen LogP contribution in [0.3, 0.4) is 0 Å². The minimum atomic E-state index is -0.627. The van der Waals surface area contributed by atoms with Gasteiger partial charge in [0.05, 0.1) is 16.8 Å². The molecular formula is C24H22N8O3. The molecule has 0 bridgehead atoms. The fourth-order valence-electron chi connectivity index (χ4n) is 4.26. The lowest BCUT2D eigenvalue weighted by molar-refractivity contribution is -0.130. The summed E-state index contributed by atoms with van der Waals surface area (Å²) < 4.78 is 0. The number of pyridine rings is 2. The summed E-state index contributed by atoms with van der Waals surface area (Å²) in [6.07, 6.45) is 7.74. The van der Waals surface area contributed by atoms with Crippen molar-refractivity contribution in [1.29, 1.82) is 0 Å². The molecule has 1 aliphatic heterocycles. The van der Waals surface area contributed by atoms with Gasteiger partial charge in [0.15, 0.2) is 0 Å². The number of amides is 2. The highest BCUT2D eigenvalue weighted by atomic mass is 16.2. The third kappa shape index (κ3) is 4.07. The summed E-state index contributed by atoms with van der Waals surface area (Å²) in [4.78, 5) is 61.8. The summed E-state index contributed by atoms with van der Waals surface area (Å²) in [6, 6.07) is 6.51. The van der Waals surface area contributed by atoms with Gasteiger partial charge in [0, 0.05) is 67.6 Å². The molecule has 176 valence electrons. The Labute approximate surface area is 200 Å². The van der Waals surface area contributed by atoms with E-state index in [4.69, 9.17) is 5.73 Å². The van der Waals surface area contributed by atoms with Crippen molar-refractivity contribution in [3.63, 3.8) is 0 Å². The average Bonchev–Trinajstić information content (AvgIpc) is 3.33. The Hall–Kier alpha value is -4.67. The maximum atomic E-state index is 13.2. The Morgan fingerprint density at radius 3 is 2.54 bits per heavy atom. The van der Waals surface area contributed by atoms with Crippen LogP contribution < -0.4 is 5.73 Å². The van der Waals surface area contributed by atoms with Gasteiger partial charge < -0.3 is 20.5 Å². The second-order valence-corrected chi connectivity index (χ2v) is 8.26. The van der Waals surface area contributed by atoms with E-state index in [0.717, 1.165) is 0 Å². The Morgan fingerprint density at radius 1 is 1.03 bits per heavy atom. The normalized spacial score (nSPS) is 15.9. The molecule has 11 heteroatoms. The molecule has 4 aromatic rings. The molecule has 0 spiro atoms. The van der Waals surface area contributed by atoms with Gasteiger partial charge in [-0.15, -0.1) is 0 Å². The van der Waals surface area contributed by atoms with Gasteiger partial charge in [-0.3, -0.25) is 24.4 Å². The summed E-state index contributed by atoms with van der Waals surface area (Å²) in [5.74, 6) is -1.29. The third-order valence-electron chi connectivity index (χ3n) is 6.05. The zero-order chi connectivity index (χ0) is 24.5. The summed E-state index contributed by atoms with van der Waals surface area (Å²) >= 11 is 0. The number of rotatable bonds is 4. The minimum absolute atomic E-state index is 0.143. The smallest absolute Gasteiger partial charge is 0.295 e. The molecule has 0 aliphatic carbocycles. The number of anilines is 1. The number of H-pyrrole nitrogens is 1. The number of aromatic nitrogens is 5. The van der Waals surface area contributed by atoms with E-state index in [9.17, 15) is 14.4 Å². The van der Waals surface area contributed by atoms with Crippen molar-refractivity contribution in [2.45, 2.75) is 13.0 Å². The molecule has 0 unspecified atom stereocenters. The van der Waals surface area contributed by atoms with E-state index in [2.05, 4.69) is 24.9 Å². The number of carbonyl (C=O) groups is 3. The number of carbonyl (C=O) groups excluding carboxylic acids is 3. The molecule has 0 aromatic carbocycles. The van der Waals surface area contributed by atoms with E-state index in [1.165, 1.54) is 11.1 Å². The molecule has 1 aliphatic rings. The molecule has 2 amide bonds. The number of piperazine rings is 1. The first-order chi connectivity index (χ1) is 16.9. The summed E-state index contributed by atoms with van der Waals surface area (Å²) in [7, 11) is 0. The number of hydrogen-bond donors (Lipinski definition) is 2. The number of nitrogens with two attached hydrogens (primary N) is 1. The predicted octanol–water partition coefficient (Wildman–Crippen LogP) is 1.55. The van der Waals surface area contributed by atoms with Gasteiger partial charge in [-0.2, -0.15) is 0 Å². The molecule has 0 saturated carbocycles. The second kappa shape index (κ2) is 8.93. The van der Waals surface area contributed by atoms with Crippen LogP contribution in [0.1, 0.15) is 27.8 Å². The lowest BCUT2D eigenvalue weighted by Gasteiger charge is -2.39. The predicted molar refractivity (Wildman–Crippen MR) is 127 cm³/mol. The first kappa shape index (κ1) is 22.1. The number of nitrogen functional groups attached to an aromatic ring is 1. The van der Waals surface area contributed by atoms with Crippen LogP contribution in [0.2, 0.25) is 0 Å². The summed E-state index contributed by atoms with van der Waals surface area (Å²) in [6.45, 7) is 2.70. The minimum Gasteiger partial charge on any atom is -0.368 e. The van der Waals surface area contributed by atoms with Crippen molar-refractivity contribution in [2.75, 3.05) is 25.4 Å². The van der Waals surface area contributed by atoms with Crippen LogP contribution in [-0.2, 0) is 4.79 Å². The van der Waals surface area contributed by atoms with Gasteiger partial charge in [0.1, 0.15) is 5.69 Å². The Kier molecular flexibility index (Phi) is 5.65. The molecule has 5 rings (SSSR count). The number of hydrogen-bond acceptors (Lipinski definition) is 8. The van der Waals surface area contributed by atoms with Crippen molar-refractivity contribution < 1.29 is 14.4 Å².